The van der Waals surface area contributed by atoms with E-state index < -0.39 is 0 Å². The summed E-state index contributed by atoms with van der Waals surface area (Å²) in [4.78, 5) is 1.46. The zero-order chi connectivity index (χ0) is 12.5. The maximum atomic E-state index is 3.65. The normalized spacial score (nSPS) is 16.5. The van der Waals surface area contributed by atoms with Crippen LogP contribution in [0.1, 0.15) is 43.6 Å². The fourth-order valence-electron chi connectivity index (χ4n) is 2.00. The van der Waals surface area contributed by atoms with Crippen molar-refractivity contribution in [3.05, 3.63) is 20.3 Å². The van der Waals surface area contributed by atoms with Gasteiger partial charge in [-0.1, -0.05) is 13.8 Å². The molecule has 0 aliphatic heterocycles. The average Bonchev–Trinajstić information content (AvgIpc) is 3.00. The van der Waals surface area contributed by atoms with Crippen LogP contribution in [-0.2, 0) is 6.42 Å². The van der Waals surface area contributed by atoms with Gasteiger partial charge in [0.25, 0.3) is 0 Å². The van der Waals surface area contributed by atoms with Crippen LogP contribution in [0.3, 0.4) is 0 Å². The lowest BCUT2D eigenvalue weighted by Gasteiger charge is -2.25. The lowest BCUT2D eigenvalue weighted by atomic mass is 9.86. The molecule has 1 aromatic rings. The van der Waals surface area contributed by atoms with E-state index in [9.17, 15) is 0 Å². The molecule has 0 spiro atoms. The molecule has 17 heavy (non-hydrogen) atoms. The molecule has 96 valence electrons. The molecule has 1 heterocycles. The molecule has 1 fully saturated rings. The Hall–Kier alpha value is 0.140. The number of hydrogen-bond donors (Lipinski definition) is 1. The second-order valence-electron chi connectivity index (χ2n) is 5.95. The molecular weight excluding hydrogens is 294 g/mol. The smallest absolute Gasteiger partial charge is 0.0704 e. The molecule has 3 heteroatoms. The summed E-state index contributed by atoms with van der Waals surface area (Å²) in [5, 5.41) is 3.65. The van der Waals surface area contributed by atoms with Gasteiger partial charge in [-0.05, 0) is 65.6 Å². The van der Waals surface area contributed by atoms with Gasteiger partial charge in [-0.15, -0.1) is 11.3 Å². The number of halogens is 1. The molecule has 0 radical (unpaired) electrons. The van der Waals surface area contributed by atoms with Crippen LogP contribution in [0.25, 0.3) is 0 Å². The number of nitrogens with one attached hydrogen (secondary N) is 1. The molecule has 1 aliphatic rings. The van der Waals surface area contributed by atoms with Gasteiger partial charge in [-0.25, -0.2) is 0 Å². The summed E-state index contributed by atoms with van der Waals surface area (Å²) in [6.45, 7) is 8.13. The van der Waals surface area contributed by atoms with Gasteiger partial charge in [0, 0.05) is 17.5 Å². The molecule has 1 nitrogen and oxygen atoms in total. The van der Waals surface area contributed by atoms with Gasteiger partial charge in [0.2, 0.25) is 0 Å². The summed E-state index contributed by atoms with van der Waals surface area (Å²) in [5.74, 6) is 0. The molecule has 1 N–H and O–H groups in total. The largest absolute Gasteiger partial charge is 0.313 e. The van der Waals surface area contributed by atoms with Crippen LogP contribution in [0, 0.1) is 12.3 Å². The van der Waals surface area contributed by atoms with Crippen molar-refractivity contribution in [3.63, 3.8) is 0 Å². The van der Waals surface area contributed by atoms with E-state index in [1.54, 1.807) is 0 Å². The van der Waals surface area contributed by atoms with Crippen LogP contribution in [0.15, 0.2) is 9.85 Å². The van der Waals surface area contributed by atoms with Crippen molar-refractivity contribution in [2.75, 3.05) is 6.54 Å². The number of thiophene rings is 1. The molecule has 0 amide bonds. The van der Waals surface area contributed by atoms with Gasteiger partial charge >= 0.3 is 0 Å². The molecule has 0 unspecified atom stereocenters. The van der Waals surface area contributed by atoms with Crippen LogP contribution in [-0.4, -0.2) is 12.6 Å². The minimum Gasteiger partial charge on any atom is -0.313 e. The zero-order valence-corrected chi connectivity index (χ0v) is 13.4. The van der Waals surface area contributed by atoms with E-state index in [0.717, 1.165) is 12.6 Å². The summed E-state index contributed by atoms with van der Waals surface area (Å²) < 4.78 is 1.26. The minimum atomic E-state index is 0.406. The molecule has 0 bridgehead atoms. The summed E-state index contributed by atoms with van der Waals surface area (Å²) in [6.07, 6.45) is 5.23. The van der Waals surface area contributed by atoms with Crippen molar-refractivity contribution in [1.29, 1.82) is 0 Å². The number of hydrogen-bond acceptors (Lipinski definition) is 2. The van der Waals surface area contributed by atoms with E-state index >= 15 is 0 Å². The van der Waals surface area contributed by atoms with Crippen molar-refractivity contribution in [3.8, 4) is 0 Å². The summed E-state index contributed by atoms with van der Waals surface area (Å²) in [7, 11) is 0. The average molecular weight is 316 g/mol. The molecule has 0 atom stereocenters. The SMILES string of the molecule is Cc1sc(Br)cc1CCC(C)(C)CNC1CC1. The molecule has 2 rings (SSSR count). The first kappa shape index (κ1) is 13.6. The van der Waals surface area contributed by atoms with Crippen molar-refractivity contribution < 1.29 is 0 Å². The predicted molar refractivity (Wildman–Crippen MR) is 79.9 cm³/mol. The van der Waals surface area contributed by atoms with E-state index in [-0.39, 0.29) is 0 Å². The second kappa shape index (κ2) is 5.41. The highest BCUT2D eigenvalue weighted by molar-refractivity contribution is 9.11. The summed E-state index contributed by atoms with van der Waals surface area (Å²) in [5.41, 5.74) is 1.92. The number of rotatable bonds is 6. The Kier molecular flexibility index (Phi) is 4.32. The highest BCUT2D eigenvalue weighted by Crippen LogP contribution is 2.30. The third kappa shape index (κ3) is 4.38. The Labute approximate surface area is 117 Å². The van der Waals surface area contributed by atoms with E-state index in [2.05, 4.69) is 48.1 Å². The third-order valence-corrected chi connectivity index (χ3v) is 5.10. The molecule has 1 aromatic heterocycles. The van der Waals surface area contributed by atoms with Gasteiger partial charge in [0.15, 0.2) is 0 Å². The van der Waals surface area contributed by atoms with Crippen LogP contribution in [0.4, 0.5) is 0 Å². The summed E-state index contributed by atoms with van der Waals surface area (Å²) >= 11 is 5.42. The fraction of sp³-hybridized carbons (Fsp3) is 0.714. The summed E-state index contributed by atoms with van der Waals surface area (Å²) in [6, 6.07) is 3.11. The zero-order valence-electron chi connectivity index (χ0n) is 11.0. The predicted octanol–water partition coefficient (Wildman–Crippen LogP) is 4.53. The van der Waals surface area contributed by atoms with Crippen LogP contribution in [0.5, 0.6) is 0 Å². The van der Waals surface area contributed by atoms with Crippen LogP contribution < -0.4 is 5.32 Å². The van der Waals surface area contributed by atoms with Gasteiger partial charge in [-0.2, -0.15) is 0 Å². The van der Waals surface area contributed by atoms with E-state index in [1.165, 1.54) is 39.9 Å². The third-order valence-electron chi connectivity index (χ3n) is 3.51. The van der Waals surface area contributed by atoms with Gasteiger partial charge in [0.1, 0.15) is 0 Å². The van der Waals surface area contributed by atoms with Crippen molar-refractivity contribution in [2.45, 2.75) is 52.5 Å². The van der Waals surface area contributed by atoms with Gasteiger partial charge in [0.05, 0.1) is 3.79 Å². The van der Waals surface area contributed by atoms with Crippen molar-refractivity contribution in [1.82, 2.24) is 5.32 Å². The van der Waals surface area contributed by atoms with Crippen LogP contribution >= 0.6 is 27.3 Å². The molecule has 0 aromatic carbocycles. The Morgan fingerprint density at radius 1 is 1.47 bits per heavy atom. The Morgan fingerprint density at radius 2 is 2.18 bits per heavy atom. The van der Waals surface area contributed by atoms with E-state index in [4.69, 9.17) is 0 Å². The Balaban J connectivity index is 1.80. The van der Waals surface area contributed by atoms with Gasteiger partial charge in [-0.3, -0.25) is 0 Å². The first-order valence-electron chi connectivity index (χ1n) is 6.44. The molecular formula is C14H22BrNS. The van der Waals surface area contributed by atoms with Gasteiger partial charge < -0.3 is 5.32 Å². The quantitative estimate of drug-likeness (QED) is 0.813. The van der Waals surface area contributed by atoms with E-state index in [1.807, 2.05) is 11.3 Å². The topological polar surface area (TPSA) is 12.0 Å². The standard InChI is InChI=1S/C14H22BrNS/c1-10-11(8-13(15)17-10)6-7-14(2,3)9-16-12-4-5-12/h8,12,16H,4-7,9H2,1-3H3. The number of aryl methyl sites for hydroxylation is 2. The molecule has 0 saturated heterocycles. The first-order chi connectivity index (χ1) is 7.96. The Morgan fingerprint density at radius 3 is 2.71 bits per heavy atom. The molecule has 1 saturated carbocycles. The maximum Gasteiger partial charge on any atom is 0.0704 e. The van der Waals surface area contributed by atoms with E-state index in [0.29, 0.717) is 5.41 Å². The maximum absolute atomic E-state index is 3.65. The lowest BCUT2D eigenvalue weighted by Crippen LogP contribution is -2.31. The second-order valence-corrected chi connectivity index (χ2v) is 8.59. The lowest BCUT2D eigenvalue weighted by molar-refractivity contribution is 0.313. The molecule has 1 aliphatic carbocycles. The highest BCUT2D eigenvalue weighted by atomic mass is 79.9. The minimum absolute atomic E-state index is 0.406. The fourth-order valence-corrected chi connectivity index (χ4v) is 3.79. The first-order valence-corrected chi connectivity index (χ1v) is 8.05. The Bertz CT molecular complexity index is 380. The monoisotopic (exact) mass is 315 g/mol. The van der Waals surface area contributed by atoms with Crippen LogP contribution in [0.2, 0.25) is 0 Å². The highest BCUT2D eigenvalue weighted by Gasteiger charge is 2.25. The van der Waals surface area contributed by atoms with Crippen molar-refractivity contribution >= 4 is 27.3 Å². The van der Waals surface area contributed by atoms with Crippen molar-refractivity contribution in [2.24, 2.45) is 5.41 Å².